The van der Waals surface area contributed by atoms with Crippen LogP contribution in [0.2, 0.25) is 0 Å². The SMILES string of the molecule is CCNC(=NCc1cccc2c1OCCCO2)N1CCS(=O)(=O)C(C)(C)C1.I. The summed E-state index contributed by atoms with van der Waals surface area (Å²) >= 11 is 0. The molecule has 2 aliphatic rings. The van der Waals surface area contributed by atoms with Gasteiger partial charge in [0.2, 0.25) is 0 Å². The van der Waals surface area contributed by atoms with Crippen LogP contribution in [0, 0.1) is 0 Å². The van der Waals surface area contributed by atoms with Gasteiger partial charge in [0.15, 0.2) is 27.3 Å². The molecule has 28 heavy (non-hydrogen) atoms. The summed E-state index contributed by atoms with van der Waals surface area (Å²) in [6.07, 6.45) is 0.858. The average molecular weight is 523 g/mol. The van der Waals surface area contributed by atoms with Gasteiger partial charge in [-0.05, 0) is 26.8 Å². The Morgan fingerprint density at radius 2 is 2.04 bits per heavy atom. The molecule has 1 fully saturated rings. The highest BCUT2D eigenvalue weighted by atomic mass is 127. The van der Waals surface area contributed by atoms with Gasteiger partial charge in [-0.25, -0.2) is 13.4 Å². The van der Waals surface area contributed by atoms with Crippen LogP contribution >= 0.6 is 24.0 Å². The van der Waals surface area contributed by atoms with Crippen LogP contribution in [-0.4, -0.2) is 62.6 Å². The Labute approximate surface area is 184 Å². The van der Waals surface area contributed by atoms with Crippen LogP contribution in [0.1, 0.15) is 32.8 Å². The molecule has 1 aromatic rings. The molecule has 7 nitrogen and oxygen atoms in total. The number of ether oxygens (including phenoxy) is 2. The van der Waals surface area contributed by atoms with Crippen molar-refractivity contribution in [1.82, 2.24) is 10.2 Å². The van der Waals surface area contributed by atoms with Crippen LogP contribution < -0.4 is 14.8 Å². The van der Waals surface area contributed by atoms with E-state index < -0.39 is 14.6 Å². The van der Waals surface area contributed by atoms with Gasteiger partial charge in [-0.3, -0.25) is 0 Å². The zero-order valence-corrected chi connectivity index (χ0v) is 19.9. The molecule has 0 aromatic heterocycles. The first-order valence-electron chi connectivity index (χ1n) is 9.47. The molecule has 0 amide bonds. The van der Waals surface area contributed by atoms with E-state index in [9.17, 15) is 8.42 Å². The monoisotopic (exact) mass is 523 g/mol. The van der Waals surface area contributed by atoms with Crippen molar-refractivity contribution in [1.29, 1.82) is 0 Å². The molecule has 0 radical (unpaired) electrons. The molecule has 0 saturated carbocycles. The summed E-state index contributed by atoms with van der Waals surface area (Å²) in [6.45, 7) is 8.88. The van der Waals surface area contributed by atoms with E-state index in [-0.39, 0.29) is 29.7 Å². The Morgan fingerprint density at radius 1 is 1.29 bits per heavy atom. The second-order valence-corrected chi connectivity index (χ2v) is 10.2. The molecule has 2 heterocycles. The first-order chi connectivity index (χ1) is 12.8. The Morgan fingerprint density at radius 3 is 2.75 bits per heavy atom. The molecule has 158 valence electrons. The third-order valence-electron chi connectivity index (χ3n) is 4.93. The molecule has 3 rings (SSSR count). The van der Waals surface area contributed by atoms with Gasteiger partial charge >= 0.3 is 0 Å². The van der Waals surface area contributed by atoms with E-state index >= 15 is 0 Å². The number of fused-ring (bicyclic) bond motifs is 1. The van der Waals surface area contributed by atoms with Crippen molar-refractivity contribution in [3.8, 4) is 11.5 Å². The van der Waals surface area contributed by atoms with Crippen molar-refractivity contribution in [3.05, 3.63) is 23.8 Å². The molecule has 0 atom stereocenters. The maximum atomic E-state index is 12.3. The van der Waals surface area contributed by atoms with Gasteiger partial charge in [0.25, 0.3) is 0 Å². The lowest BCUT2D eigenvalue weighted by molar-refractivity contribution is 0.296. The highest BCUT2D eigenvalue weighted by molar-refractivity contribution is 14.0. The van der Waals surface area contributed by atoms with E-state index in [1.807, 2.05) is 30.0 Å². The second kappa shape index (κ2) is 9.51. The van der Waals surface area contributed by atoms with E-state index in [0.717, 1.165) is 36.0 Å². The largest absolute Gasteiger partial charge is 0.490 e. The zero-order chi connectivity index (χ0) is 19.5. The number of sulfone groups is 1. The minimum Gasteiger partial charge on any atom is -0.490 e. The number of para-hydroxylation sites is 1. The lowest BCUT2D eigenvalue weighted by Gasteiger charge is -2.39. The van der Waals surface area contributed by atoms with Crippen molar-refractivity contribution >= 4 is 39.8 Å². The van der Waals surface area contributed by atoms with Gasteiger partial charge in [0.05, 0.1) is 30.3 Å². The summed E-state index contributed by atoms with van der Waals surface area (Å²) in [4.78, 5) is 6.79. The predicted molar refractivity (Wildman–Crippen MR) is 122 cm³/mol. The van der Waals surface area contributed by atoms with E-state index in [1.54, 1.807) is 13.8 Å². The minimum atomic E-state index is -3.09. The standard InChI is InChI=1S/C19H29N3O4S.HI/c1-4-20-18(22-9-12-27(23,24)19(2,3)14-22)21-13-15-7-5-8-16-17(15)26-11-6-10-25-16;/h5,7-8H,4,6,9-14H2,1-3H3,(H,20,21);1H. The Balaban J connectivity index is 0.00000280. The van der Waals surface area contributed by atoms with Crippen molar-refractivity contribution in [3.63, 3.8) is 0 Å². The van der Waals surface area contributed by atoms with Gasteiger partial charge in [0.1, 0.15) is 0 Å². The topological polar surface area (TPSA) is 80.2 Å². The summed E-state index contributed by atoms with van der Waals surface area (Å²) in [5.41, 5.74) is 0.966. The molecule has 0 aliphatic carbocycles. The van der Waals surface area contributed by atoms with Gasteiger partial charge < -0.3 is 19.7 Å². The maximum Gasteiger partial charge on any atom is 0.194 e. The van der Waals surface area contributed by atoms with E-state index in [1.165, 1.54) is 0 Å². The summed E-state index contributed by atoms with van der Waals surface area (Å²) in [5, 5.41) is 3.29. The minimum absolute atomic E-state index is 0. The number of benzene rings is 1. The zero-order valence-electron chi connectivity index (χ0n) is 16.7. The molecule has 0 unspecified atom stereocenters. The molecule has 0 spiro atoms. The summed E-state index contributed by atoms with van der Waals surface area (Å²) in [5.74, 6) is 2.39. The highest BCUT2D eigenvalue weighted by Gasteiger charge is 2.41. The number of nitrogens with one attached hydrogen (secondary N) is 1. The molecule has 1 aromatic carbocycles. The Kier molecular flexibility index (Phi) is 7.83. The Hall–Kier alpha value is -1.23. The first kappa shape index (κ1) is 23.1. The van der Waals surface area contributed by atoms with Crippen molar-refractivity contribution in [2.24, 2.45) is 4.99 Å². The van der Waals surface area contributed by atoms with E-state index in [4.69, 9.17) is 14.5 Å². The third kappa shape index (κ3) is 5.03. The summed E-state index contributed by atoms with van der Waals surface area (Å²) < 4.78 is 35.4. The highest BCUT2D eigenvalue weighted by Crippen LogP contribution is 2.33. The normalized spacial score (nSPS) is 20.7. The maximum absolute atomic E-state index is 12.3. The van der Waals surface area contributed by atoms with Gasteiger partial charge in [-0.15, -0.1) is 24.0 Å². The summed E-state index contributed by atoms with van der Waals surface area (Å²) in [7, 11) is -3.09. The molecule has 1 N–H and O–H groups in total. The van der Waals surface area contributed by atoms with E-state index in [2.05, 4.69) is 5.32 Å². The van der Waals surface area contributed by atoms with Gasteiger partial charge in [0, 0.05) is 31.6 Å². The average Bonchev–Trinajstić information content (AvgIpc) is 2.87. The van der Waals surface area contributed by atoms with Crippen molar-refractivity contribution < 1.29 is 17.9 Å². The quantitative estimate of drug-likeness (QED) is 0.373. The van der Waals surface area contributed by atoms with Crippen LogP contribution in [0.4, 0.5) is 0 Å². The number of nitrogens with zero attached hydrogens (tertiary/aromatic N) is 2. The van der Waals surface area contributed by atoms with Crippen molar-refractivity contribution in [2.45, 2.75) is 38.5 Å². The molecular weight excluding hydrogens is 493 g/mol. The third-order valence-corrected chi connectivity index (χ3v) is 7.46. The molecule has 2 aliphatic heterocycles. The predicted octanol–water partition coefficient (Wildman–Crippen LogP) is 2.44. The fraction of sp³-hybridized carbons (Fsp3) is 0.632. The van der Waals surface area contributed by atoms with Gasteiger partial charge in [-0.1, -0.05) is 12.1 Å². The number of guanidine groups is 1. The van der Waals surface area contributed by atoms with E-state index in [0.29, 0.717) is 32.8 Å². The number of hydrogen-bond acceptors (Lipinski definition) is 5. The lowest BCUT2D eigenvalue weighted by atomic mass is 10.2. The lowest BCUT2D eigenvalue weighted by Crippen LogP contribution is -2.57. The first-order valence-corrected chi connectivity index (χ1v) is 11.1. The number of hydrogen-bond donors (Lipinski definition) is 1. The van der Waals surface area contributed by atoms with Crippen LogP contribution in [0.15, 0.2) is 23.2 Å². The molecule has 9 heteroatoms. The number of halogens is 1. The van der Waals surface area contributed by atoms with Crippen LogP contribution in [-0.2, 0) is 16.4 Å². The number of rotatable bonds is 3. The second-order valence-electron chi connectivity index (χ2n) is 7.47. The molecular formula is C19H30IN3O4S. The smallest absolute Gasteiger partial charge is 0.194 e. The fourth-order valence-corrected chi connectivity index (χ4v) is 4.65. The van der Waals surface area contributed by atoms with Crippen molar-refractivity contribution in [2.75, 3.05) is 38.6 Å². The van der Waals surface area contributed by atoms with Crippen LogP contribution in [0.3, 0.4) is 0 Å². The Bertz CT molecular complexity index is 811. The molecule has 0 bridgehead atoms. The van der Waals surface area contributed by atoms with Crippen LogP contribution in [0.25, 0.3) is 0 Å². The fourth-order valence-electron chi connectivity index (χ4n) is 3.29. The molecule has 1 saturated heterocycles. The number of aliphatic imine (C=N–C) groups is 1. The van der Waals surface area contributed by atoms with Crippen LogP contribution in [0.5, 0.6) is 11.5 Å². The summed E-state index contributed by atoms with van der Waals surface area (Å²) in [6, 6.07) is 5.85. The van der Waals surface area contributed by atoms with Gasteiger partial charge in [-0.2, -0.15) is 0 Å².